The van der Waals surface area contributed by atoms with Gasteiger partial charge in [0.25, 0.3) is 0 Å². The Labute approximate surface area is 160 Å². The van der Waals surface area contributed by atoms with E-state index in [2.05, 4.69) is 26.5 Å². The number of anilines is 2. The van der Waals surface area contributed by atoms with E-state index in [9.17, 15) is 5.26 Å². The van der Waals surface area contributed by atoms with Gasteiger partial charge in [0.15, 0.2) is 11.6 Å². The van der Waals surface area contributed by atoms with E-state index in [-0.39, 0.29) is 0 Å². The smallest absolute Gasteiger partial charge is 0.206 e. The molecule has 0 unspecified atom stereocenters. The molecule has 0 saturated carbocycles. The van der Waals surface area contributed by atoms with Gasteiger partial charge in [-0.05, 0) is 36.8 Å². The van der Waals surface area contributed by atoms with Crippen LogP contribution < -0.4 is 5.32 Å². The number of nitrogens with zero attached hydrogens (tertiary/aromatic N) is 5. The summed E-state index contributed by atoms with van der Waals surface area (Å²) in [6, 6.07) is 19.8. The van der Waals surface area contributed by atoms with Crippen molar-refractivity contribution in [2.24, 2.45) is 0 Å². The van der Waals surface area contributed by atoms with Gasteiger partial charge in [-0.15, -0.1) is 0 Å². The third-order valence-corrected chi connectivity index (χ3v) is 4.64. The molecule has 0 bridgehead atoms. The Bertz CT molecular complexity index is 1340. The maximum Gasteiger partial charge on any atom is 0.206 e. The maximum absolute atomic E-state index is 9.53. The van der Waals surface area contributed by atoms with Crippen LogP contribution in [-0.2, 0) is 0 Å². The molecule has 5 rings (SSSR count). The monoisotopic (exact) mass is 365 g/mol. The van der Waals surface area contributed by atoms with Crippen molar-refractivity contribution in [3.05, 3.63) is 71.9 Å². The lowest BCUT2D eigenvalue weighted by Gasteiger charge is -2.10. The van der Waals surface area contributed by atoms with E-state index in [4.69, 9.17) is 4.98 Å². The van der Waals surface area contributed by atoms with Gasteiger partial charge in [0, 0.05) is 5.39 Å². The number of hydrogen-bond acceptors (Lipinski definition) is 5. The number of fused-ring (bicyclic) bond motifs is 2. The molecule has 0 aliphatic carbocycles. The van der Waals surface area contributed by atoms with Crippen LogP contribution in [-0.4, -0.2) is 24.7 Å². The first kappa shape index (κ1) is 16.0. The van der Waals surface area contributed by atoms with Crippen LogP contribution in [0.25, 0.3) is 27.8 Å². The summed E-state index contributed by atoms with van der Waals surface area (Å²) in [6.45, 7) is 2.04. The standard InChI is InChI=1S/C21H15N7/c1-13-10-19(24-16-7-3-2-6-15(13)16)28-20(14(11-22)12-23-28)27-21-25-17-8-4-5-9-18(17)26-21/h2-10,12H,1H3,(H2,25,26,27). The zero-order valence-corrected chi connectivity index (χ0v) is 15.0. The maximum atomic E-state index is 9.53. The summed E-state index contributed by atoms with van der Waals surface area (Å²) in [4.78, 5) is 12.5. The molecule has 0 spiro atoms. The topological polar surface area (TPSA) is 95.2 Å². The van der Waals surface area contributed by atoms with Gasteiger partial charge in [-0.2, -0.15) is 15.0 Å². The summed E-state index contributed by atoms with van der Waals surface area (Å²) in [6.07, 6.45) is 1.52. The number of benzene rings is 2. The van der Waals surface area contributed by atoms with Crippen LogP contribution >= 0.6 is 0 Å². The highest BCUT2D eigenvalue weighted by Gasteiger charge is 2.16. The highest BCUT2D eigenvalue weighted by molar-refractivity contribution is 5.83. The van der Waals surface area contributed by atoms with Crippen molar-refractivity contribution >= 4 is 33.7 Å². The second-order valence-corrected chi connectivity index (χ2v) is 6.47. The van der Waals surface area contributed by atoms with Crippen molar-refractivity contribution in [2.45, 2.75) is 6.92 Å². The van der Waals surface area contributed by atoms with Crippen LogP contribution in [0, 0.1) is 18.3 Å². The van der Waals surface area contributed by atoms with E-state index >= 15 is 0 Å². The second kappa shape index (κ2) is 6.21. The minimum absolute atomic E-state index is 0.410. The summed E-state index contributed by atoms with van der Waals surface area (Å²) in [5, 5.41) is 18.2. The van der Waals surface area contributed by atoms with Gasteiger partial charge in [-0.3, -0.25) is 0 Å². The number of nitrogens with one attached hydrogen (secondary N) is 2. The number of H-pyrrole nitrogens is 1. The Hall–Kier alpha value is -4.18. The zero-order chi connectivity index (χ0) is 19.1. The first-order valence-electron chi connectivity index (χ1n) is 8.79. The van der Waals surface area contributed by atoms with E-state index in [1.165, 1.54) is 6.20 Å². The molecule has 2 aromatic carbocycles. The van der Waals surface area contributed by atoms with Gasteiger partial charge in [-0.25, -0.2) is 9.97 Å². The number of pyridine rings is 1. The van der Waals surface area contributed by atoms with Crippen LogP contribution in [0.15, 0.2) is 60.8 Å². The number of para-hydroxylation sites is 3. The van der Waals surface area contributed by atoms with Crippen LogP contribution in [0.3, 0.4) is 0 Å². The number of rotatable bonds is 3. The van der Waals surface area contributed by atoms with Crippen molar-refractivity contribution in [3.63, 3.8) is 0 Å². The molecule has 7 nitrogen and oxygen atoms in total. The van der Waals surface area contributed by atoms with Crippen LogP contribution in [0.5, 0.6) is 0 Å². The molecule has 7 heteroatoms. The normalized spacial score (nSPS) is 11.0. The third kappa shape index (κ3) is 2.56. The average molecular weight is 365 g/mol. The largest absolute Gasteiger partial charge is 0.324 e. The number of imidazole rings is 1. The Balaban J connectivity index is 1.64. The lowest BCUT2D eigenvalue weighted by atomic mass is 10.1. The summed E-state index contributed by atoms with van der Waals surface area (Å²) in [7, 11) is 0. The predicted molar refractivity (Wildman–Crippen MR) is 108 cm³/mol. The van der Waals surface area contributed by atoms with Gasteiger partial charge < -0.3 is 10.3 Å². The molecular formula is C21H15N7. The Morgan fingerprint density at radius 2 is 1.82 bits per heavy atom. The minimum atomic E-state index is 0.410. The molecule has 0 atom stereocenters. The van der Waals surface area contributed by atoms with Gasteiger partial charge in [0.1, 0.15) is 11.6 Å². The first-order chi connectivity index (χ1) is 13.7. The Morgan fingerprint density at radius 1 is 1.04 bits per heavy atom. The second-order valence-electron chi connectivity index (χ2n) is 6.47. The van der Waals surface area contributed by atoms with E-state index in [1.54, 1.807) is 4.68 Å². The van der Waals surface area contributed by atoms with E-state index < -0.39 is 0 Å². The molecular weight excluding hydrogens is 350 g/mol. The molecule has 0 amide bonds. The summed E-state index contributed by atoms with van der Waals surface area (Å²) in [5.41, 5.74) is 4.13. The SMILES string of the molecule is Cc1cc(-n2ncc(C#N)c2Nc2nc3ccccc3[nH]2)nc2ccccc12. The summed E-state index contributed by atoms with van der Waals surface area (Å²) >= 11 is 0. The fourth-order valence-corrected chi connectivity index (χ4v) is 3.29. The van der Waals surface area contributed by atoms with Crippen LogP contribution in [0.1, 0.15) is 11.1 Å². The molecule has 3 aromatic heterocycles. The van der Waals surface area contributed by atoms with E-state index in [0.717, 1.165) is 27.5 Å². The van der Waals surface area contributed by atoms with Gasteiger partial charge in [0.2, 0.25) is 5.95 Å². The highest BCUT2D eigenvalue weighted by Crippen LogP contribution is 2.26. The number of hydrogen-bond donors (Lipinski definition) is 2. The fourth-order valence-electron chi connectivity index (χ4n) is 3.29. The third-order valence-electron chi connectivity index (χ3n) is 4.64. The average Bonchev–Trinajstić information content (AvgIpc) is 3.31. The number of aryl methyl sites for hydroxylation is 1. The predicted octanol–water partition coefficient (Wildman–Crippen LogP) is 4.22. The molecule has 5 aromatic rings. The van der Waals surface area contributed by atoms with Crippen molar-refractivity contribution in [3.8, 4) is 11.9 Å². The summed E-state index contributed by atoms with van der Waals surface area (Å²) < 4.78 is 1.63. The molecule has 134 valence electrons. The first-order valence-corrected chi connectivity index (χ1v) is 8.79. The lowest BCUT2D eigenvalue weighted by molar-refractivity contribution is 0.857. The quantitative estimate of drug-likeness (QED) is 0.499. The molecule has 0 radical (unpaired) electrons. The highest BCUT2D eigenvalue weighted by atomic mass is 15.4. The number of nitriles is 1. The molecule has 0 aliphatic heterocycles. The van der Waals surface area contributed by atoms with E-state index in [0.29, 0.717) is 23.1 Å². The van der Waals surface area contributed by atoms with Gasteiger partial charge in [-0.1, -0.05) is 30.3 Å². The lowest BCUT2D eigenvalue weighted by Crippen LogP contribution is -2.06. The summed E-state index contributed by atoms with van der Waals surface area (Å²) in [5.74, 6) is 1.69. The number of aromatic nitrogens is 5. The number of aromatic amines is 1. The van der Waals surface area contributed by atoms with Crippen molar-refractivity contribution in [1.82, 2.24) is 24.7 Å². The van der Waals surface area contributed by atoms with Crippen LogP contribution in [0.4, 0.5) is 11.8 Å². The van der Waals surface area contributed by atoms with Crippen LogP contribution in [0.2, 0.25) is 0 Å². The molecule has 3 heterocycles. The minimum Gasteiger partial charge on any atom is -0.324 e. The zero-order valence-electron chi connectivity index (χ0n) is 15.0. The van der Waals surface area contributed by atoms with Crippen molar-refractivity contribution < 1.29 is 0 Å². The molecule has 2 N–H and O–H groups in total. The molecule has 0 aliphatic rings. The fraction of sp³-hybridized carbons (Fsp3) is 0.0476. The Kier molecular flexibility index (Phi) is 3.56. The van der Waals surface area contributed by atoms with Gasteiger partial charge >= 0.3 is 0 Å². The van der Waals surface area contributed by atoms with Crippen molar-refractivity contribution in [1.29, 1.82) is 5.26 Å². The molecule has 0 fully saturated rings. The molecule has 28 heavy (non-hydrogen) atoms. The van der Waals surface area contributed by atoms with Crippen molar-refractivity contribution in [2.75, 3.05) is 5.32 Å². The van der Waals surface area contributed by atoms with E-state index in [1.807, 2.05) is 61.5 Å². The van der Waals surface area contributed by atoms with Gasteiger partial charge in [0.05, 0.1) is 22.7 Å². The Morgan fingerprint density at radius 3 is 2.64 bits per heavy atom. The molecule has 0 saturated heterocycles.